The molecule has 98 valence electrons. The maximum Gasteiger partial charge on any atom is 0.0603 e. The third-order valence-electron chi connectivity index (χ3n) is 3.31. The molecule has 2 rings (SSSR count). The zero-order valence-corrected chi connectivity index (χ0v) is 11.1. The summed E-state index contributed by atoms with van der Waals surface area (Å²) in [5, 5.41) is 3.28. The molecule has 0 aliphatic carbocycles. The van der Waals surface area contributed by atoms with Crippen LogP contribution in [0.25, 0.3) is 0 Å². The van der Waals surface area contributed by atoms with Crippen molar-refractivity contribution in [1.82, 2.24) is 9.88 Å². The van der Waals surface area contributed by atoms with E-state index < -0.39 is 0 Å². The number of piperidine rings is 1. The molecule has 0 atom stereocenters. The molecule has 1 aliphatic heterocycles. The highest BCUT2D eigenvalue weighted by Crippen LogP contribution is 2.16. The van der Waals surface area contributed by atoms with Gasteiger partial charge in [-0.3, -0.25) is 9.88 Å². The summed E-state index contributed by atoms with van der Waals surface area (Å²) in [7, 11) is 0. The number of aromatic nitrogens is 1. The Balaban J connectivity index is 1.88. The van der Waals surface area contributed by atoms with E-state index in [-0.39, 0.29) is 0 Å². The number of hydrogen-bond donors (Lipinski definition) is 2. The van der Waals surface area contributed by atoms with Crippen LogP contribution in [0.4, 0.5) is 11.4 Å². The van der Waals surface area contributed by atoms with Crippen molar-refractivity contribution in [2.24, 2.45) is 0 Å². The lowest BCUT2D eigenvalue weighted by atomic mass is 10.1. The second-order valence-electron chi connectivity index (χ2n) is 4.96. The molecule has 4 heteroatoms. The number of aryl methyl sites for hydroxylation is 1. The number of rotatable bonds is 4. The van der Waals surface area contributed by atoms with Gasteiger partial charge in [0.25, 0.3) is 0 Å². The number of nitrogens with one attached hydrogen (secondary N) is 1. The lowest BCUT2D eigenvalue weighted by Gasteiger charge is -2.27. The predicted octanol–water partition coefficient (Wildman–Crippen LogP) is 2.38. The summed E-state index contributed by atoms with van der Waals surface area (Å²) in [6.45, 7) is 9.23. The molecule has 0 amide bonds. The number of nitrogens with zero attached hydrogens (tertiary/aromatic N) is 2. The lowest BCUT2D eigenvalue weighted by molar-refractivity contribution is 0.247. The van der Waals surface area contributed by atoms with Crippen LogP contribution in [0, 0.1) is 6.92 Å². The van der Waals surface area contributed by atoms with Crippen LogP contribution in [-0.2, 0) is 0 Å². The smallest absolute Gasteiger partial charge is 0.0603 e. The lowest BCUT2D eigenvalue weighted by Crippen LogP contribution is -2.32. The summed E-state index contributed by atoms with van der Waals surface area (Å²) in [6, 6.07) is 1.91. The van der Waals surface area contributed by atoms with E-state index in [4.69, 9.17) is 5.73 Å². The Hall–Kier alpha value is -1.55. The highest BCUT2D eigenvalue weighted by atomic mass is 15.1. The number of hydrogen-bond acceptors (Lipinski definition) is 4. The SMILES string of the molecule is C=C(CN1CCCCC1)Nc1cnc(C)c(N)c1. The van der Waals surface area contributed by atoms with Gasteiger partial charge in [0.05, 0.1) is 23.3 Å². The molecular weight excluding hydrogens is 224 g/mol. The normalized spacial score (nSPS) is 16.5. The first-order chi connectivity index (χ1) is 8.65. The van der Waals surface area contributed by atoms with E-state index >= 15 is 0 Å². The molecule has 1 aromatic rings. The molecule has 1 fully saturated rings. The molecule has 1 aliphatic rings. The van der Waals surface area contributed by atoms with Gasteiger partial charge in [0.15, 0.2) is 0 Å². The first-order valence-corrected chi connectivity index (χ1v) is 6.54. The summed E-state index contributed by atoms with van der Waals surface area (Å²) in [5.74, 6) is 0. The summed E-state index contributed by atoms with van der Waals surface area (Å²) in [5.41, 5.74) is 9.33. The number of anilines is 2. The molecule has 0 unspecified atom stereocenters. The molecule has 2 heterocycles. The molecule has 18 heavy (non-hydrogen) atoms. The topological polar surface area (TPSA) is 54.2 Å². The second-order valence-corrected chi connectivity index (χ2v) is 4.96. The van der Waals surface area contributed by atoms with Crippen molar-refractivity contribution in [2.75, 3.05) is 30.7 Å². The Morgan fingerprint density at radius 2 is 2.17 bits per heavy atom. The molecule has 1 aromatic heterocycles. The minimum atomic E-state index is 0.714. The van der Waals surface area contributed by atoms with Gasteiger partial charge in [-0.15, -0.1) is 0 Å². The van der Waals surface area contributed by atoms with E-state index in [1.54, 1.807) is 6.20 Å². The van der Waals surface area contributed by atoms with E-state index in [1.807, 2.05) is 13.0 Å². The average molecular weight is 246 g/mol. The van der Waals surface area contributed by atoms with Crippen LogP contribution in [-0.4, -0.2) is 29.5 Å². The third-order valence-corrected chi connectivity index (χ3v) is 3.31. The fourth-order valence-electron chi connectivity index (χ4n) is 2.25. The molecule has 0 spiro atoms. The standard InChI is InChI=1S/C14H22N4/c1-11(10-18-6-4-3-5-7-18)17-13-8-14(15)12(2)16-9-13/h8-9,17H,1,3-7,10,15H2,2H3. The van der Waals surface area contributed by atoms with Crippen LogP contribution in [0.15, 0.2) is 24.5 Å². The first kappa shape index (κ1) is 12.9. The van der Waals surface area contributed by atoms with E-state index in [0.717, 1.165) is 23.6 Å². The van der Waals surface area contributed by atoms with E-state index in [9.17, 15) is 0 Å². The van der Waals surface area contributed by atoms with Crippen molar-refractivity contribution in [1.29, 1.82) is 0 Å². The molecule has 3 N–H and O–H groups in total. The minimum absolute atomic E-state index is 0.714. The van der Waals surface area contributed by atoms with Gasteiger partial charge in [0.2, 0.25) is 0 Å². The number of nitrogens with two attached hydrogens (primary N) is 1. The Morgan fingerprint density at radius 1 is 1.44 bits per heavy atom. The van der Waals surface area contributed by atoms with Crippen molar-refractivity contribution in [2.45, 2.75) is 26.2 Å². The molecule has 0 aromatic carbocycles. The Labute approximate surface area is 109 Å². The fraction of sp³-hybridized carbons (Fsp3) is 0.500. The molecular formula is C14H22N4. The van der Waals surface area contributed by atoms with Gasteiger partial charge in [0, 0.05) is 12.2 Å². The van der Waals surface area contributed by atoms with Crippen molar-refractivity contribution >= 4 is 11.4 Å². The summed E-state index contributed by atoms with van der Waals surface area (Å²) in [6.07, 6.45) is 5.75. The molecule has 0 radical (unpaired) electrons. The zero-order chi connectivity index (χ0) is 13.0. The van der Waals surface area contributed by atoms with Gasteiger partial charge in [-0.1, -0.05) is 13.0 Å². The Morgan fingerprint density at radius 3 is 2.83 bits per heavy atom. The molecule has 1 saturated heterocycles. The van der Waals surface area contributed by atoms with Crippen molar-refractivity contribution < 1.29 is 0 Å². The van der Waals surface area contributed by atoms with Crippen LogP contribution >= 0.6 is 0 Å². The van der Waals surface area contributed by atoms with Gasteiger partial charge < -0.3 is 11.1 Å². The summed E-state index contributed by atoms with van der Waals surface area (Å²) < 4.78 is 0. The quantitative estimate of drug-likeness (QED) is 0.856. The van der Waals surface area contributed by atoms with Gasteiger partial charge in [-0.2, -0.15) is 0 Å². The highest BCUT2D eigenvalue weighted by molar-refractivity contribution is 5.57. The van der Waals surface area contributed by atoms with Crippen LogP contribution in [0.5, 0.6) is 0 Å². The van der Waals surface area contributed by atoms with E-state index in [2.05, 4.69) is 21.8 Å². The number of nitrogen functional groups attached to an aromatic ring is 1. The van der Waals surface area contributed by atoms with E-state index in [1.165, 1.54) is 32.4 Å². The maximum absolute atomic E-state index is 5.84. The predicted molar refractivity (Wildman–Crippen MR) is 76.4 cm³/mol. The van der Waals surface area contributed by atoms with Gasteiger partial charge >= 0.3 is 0 Å². The number of likely N-dealkylation sites (tertiary alicyclic amines) is 1. The van der Waals surface area contributed by atoms with E-state index in [0.29, 0.717) is 5.69 Å². The minimum Gasteiger partial charge on any atom is -0.397 e. The monoisotopic (exact) mass is 246 g/mol. The van der Waals surface area contributed by atoms with Crippen molar-refractivity contribution in [3.8, 4) is 0 Å². The largest absolute Gasteiger partial charge is 0.397 e. The van der Waals surface area contributed by atoms with Gasteiger partial charge in [0.1, 0.15) is 0 Å². The zero-order valence-electron chi connectivity index (χ0n) is 11.1. The summed E-state index contributed by atoms with van der Waals surface area (Å²) in [4.78, 5) is 6.67. The highest BCUT2D eigenvalue weighted by Gasteiger charge is 2.11. The fourth-order valence-corrected chi connectivity index (χ4v) is 2.25. The third kappa shape index (κ3) is 3.47. The van der Waals surface area contributed by atoms with Crippen molar-refractivity contribution in [3.63, 3.8) is 0 Å². The first-order valence-electron chi connectivity index (χ1n) is 6.54. The summed E-state index contributed by atoms with van der Waals surface area (Å²) >= 11 is 0. The Bertz CT molecular complexity index is 422. The van der Waals surface area contributed by atoms with Gasteiger partial charge in [-0.25, -0.2) is 0 Å². The van der Waals surface area contributed by atoms with Crippen LogP contribution in [0.2, 0.25) is 0 Å². The van der Waals surface area contributed by atoms with Crippen LogP contribution in [0.3, 0.4) is 0 Å². The molecule has 4 nitrogen and oxygen atoms in total. The van der Waals surface area contributed by atoms with Gasteiger partial charge in [-0.05, 0) is 38.9 Å². The maximum atomic E-state index is 5.84. The van der Waals surface area contributed by atoms with Crippen LogP contribution < -0.4 is 11.1 Å². The second kappa shape index (κ2) is 5.87. The van der Waals surface area contributed by atoms with Crippen molar-refractivity contribution in [3.05, 3.63) is 30.2 Å². The Kier molecular flexibility index (Phi) is 4.20. The van der Waals surface area contributed by atoms with Crippen LogP contribution in [0.1, 0.15) is 25.0 Å². The molecule has 0 saturated carbocycles. The average Bonchev–Trinajstić information content (AvgIpc) is 2.35. The number of pyridine rings is 1. The molecule has 0 bridgehead atoms.